The fourth-order valence-electron chi connectivity index (χ4n) is 2.28. The first-order chi connectivity index (χ1) is 8.24. The lowest BCUT2D eigenvalue weighted by molar-refractivity contribution is 0.423. The van der Waals surface area contributed by atoms with E-state index in [0.717, 1.165) is 25.3 Å². The molecule has 5 heteroatoms. The minimum atomic E-state index is 0. The standard InChI is InChI=1S/C13H16ClN3.ClH/c14-13-6-12(4-3-11(13)8-16)17-5-1-2-10(7-15)9-17;/h3-4,6,10H,1-2,5,7,9,15H2;1H. The van der Waals surface area contributed by atoms with Crippen LogP contribution >= 0.6 is 24.0 Å². The van der Waals surface area contributed by atoms with Gasteiger partial charge in [0, 0.05) is 18.8 Å². The van der Waals surface area contributed by atoms with Crippen LogP contribution in [0.25, 0.3) is 0 Å². The fraction of sp³-hybridized carbons (Fsp3) is 0.462. The maximum absolute atomic E-state index is 8.84. The van der Waals surface area contributed by atoms with Crippen LogP contribution in [-0.4, -0.2) is 19.6 Å². The van der Waals surface area contributed by atoms with Crippen molar-refractivity contribution in [3.8, 4) is 6.07 Å². The number of benzene rings is 1. The highest BCUT2D eigenvalue weighted by atomic mass is 35.5. The first-order valence-corrected chi connectivity index (χ1v) is 6.27. The van der Waals surface area contributed by atoms with Crippen LogP contribution in [0.4, 0.5) is 5.69 Å². The summed E-state index contributed by atoms with van der Waals surface area (Å²) in [5, 5.41) is 9.36. The number of nitriles is 1. The van der Waals surface area contributed by atoms with Gasteiger partial charge < -0.3 is 10.6 Å². The Bertz CT molecular complexity index is 442. The van der Waals surface area contributed by atoms with Crippen LogP contribution in [-0.2, 0) is 0 Å². The van der Waals surface area contributed by atoms with Crippen LogP contribution in [0.5, 0.6) is 0 Å². The number of hydrogen-bond donors (Lipinski definition) is 1. The Morgan fingerprint density at radius 1 is 1.50 bits per heavy atom. The summed E-state index contributed by atoms with van der Waals surface area (Å²) in [6, 6.07) is 7.69. The zero-order chi connectivity index (χ0) is 12.3. The predicted molar refractivity (Wildman–Crippen MR) is 77.4 cm³/mol. The van der Waals surface area contributed by atoms with Gasteiger partial charge in [-0.15, -0.1) is 12.4 Å². The topological polar surface area (TPSA) is 53.0 Å². The van der Waals surface area contributed by atoms with E-state index in [1.54, 1.807) is 6.07 Å². The van der Waals surface area contributed by atoms with Gasteiger partial charge in [-0.2, -0.15) is 5.26 Å². The molecule has 1 aromatic carbocycles. The molecule has 1 fully saturated rings. The smallest absolute Gasteiger partial charge is 0.101 e. The Morgan fingerprint density at radius 3 is 2.89 bits per heavy atom. The third kappa shape index (κ3) is 3.29. The molecule has 0 bridgehead atoms. The van der Waals surface area contributed by atoms with Crippen molar-refractivity contribution in [2.75, 3.05) is 24.5 Å². The maximum Gasteiger partial charge on any atom is 0.101 e. The molecule has 0 radical (unpaired) electrons. The Labute approximate surface area is 119 Å². The summed E-state index contributed by atoms with van der Waals surface area (Å²) in [6.45, 7) is 2.76. The molecule has 1 saturated heterocycles. The molecule has 1 heterocycles. The first kappa shape index (κ1) is 15.1. The number of nitrogens with two attached hydrogens (primary N) is 1. The van der Waals surface area contributed by atoms with Gasteiger partial charge >= 0.3 is 0 Å². The summed E-state index contributed by atoms with van der Waals surface area (Å²) in [4.78, 5) is 2.30. The third-order valence-corrected chi connectivity index (χ3v) is 3.60. The zero-order valence-corrected chi connectivity index (χ0v) is 11.7. The van der Waals surface area contributed by atoms with Crippen molar-refractivity contribution < 1.29 is 0 Å². The Morgan fingerprint density at radius 2 is 2.28 bits per heavy atom. The van der Waals surface area contributed by atoms with Crippen LogP contribution in [0.15, 0.2) is 18.2 Å². The monoisotopic (exact) mass is 285 g/mol. The van der Waals surface area contributed by atoms with E-state index in [1.807, 2.05) is 12.1 Å². The van der Waals surface area contributed by atoms with Crippen LogP contribution in [0.2, 0.25) is 5.02 Å². The molecule has 1 atom stereocenters. The second-order valence-corrected chi connectivity index (χ2v) is 4.87. The summed E-state index contributed by atoms with van der Waals surface area (Å²) in [5.41, 5.74) is 7.34. The van der Waals surface area contributed by atoms with Crippen molar-refractivity contribution >= 4 is 29.7 Å². The second-order valence-electron chi connectivity index (χ2n) is 4.47. The summed E-state index contributed by atoms with van der Waals surface area (Å²) in [5.74, 6) is 0.568. The number of nitrogens with zero attached hydrogens (tertiary/aromatic N) is 2. The highest BCUT2D eigenvalue weighted by Crippen LogP contribution is 2.27. The molecule has 0 spiro atoms. The molecule has 1 unspecified atom stereocenters. The molecule has 1 aliphatic heterocycles. The van der Waals surface area contributed by atoms with Gasteiger partial charge in [-0.3, -0.25) is 0 Å². The van der Waals surface area contributed by atoms with E-state index in [9.17, 15) is 0 Å². The molecular formula is C13H17Cl2N3. The number of rotatable bonds is 2. The first-order valence-electron chi connectivity index (χ1n) is 5.89. The van der Waals surface area contributed by atoms with Crippen molar-refractivity contribution in [3.63, 3.8) is 0 Å². The third-order valence-electron chi connectivity index (χ3n) is 3.29. The van der Waals surface area contributed by atoms with E-state index in [0.29, 0.717) is 16.5 Å². The average molecular weight is 286 g/mol. The van der Waals surface area contributed by atoms with Gasteiger partial charge in [0.2, 0.25) is 0 Å². The molecule has 1 aromatic rings. The molecule has 0 saturated carbocycles. The minimum absolute atomic E-state index is 0. The Kier molecular flexibility index (Phi) is 5.74. The van der Waals surface area contributed by atoms with E-state index < -0.39 is 0 Å². The van der Waals surface area contributed by atoms with E-state index in [4.69, 9.17) is 22.6 Å². The number of halogens is 2. The molecule has 2 rings (SSSR count). The average Bonchev–Trinajstić information content (AvgIpc) is 2.38. The molecule has 1 aliphatic rings. The zero-order valence-electron chi connectivity index (χ0n) is 10.1. The molecule has 0 aliphatic carbocycles. The van der Waals surface area contributed by atoms with Crippen molar-refractivity contribution in [1.82, 2.24) is 0 Å². The van der Waals surface area contributed by atoms with Gasteiger partial charge in [-0.05, 0) is 43.5 Å². The molecule has 0 aromatic heterocycles. The van der Waals surface area contributed by atoms with E-state index in [-0.39, 0.29) is 12.4 Å². The second kappa shape index (κ2) is 6.84. The van der Waals surface area contributed by atoms with Gasteiger partial charge in [0.15, 0.2) is 0 Å². The predicted octanol–water partition coefficient (Wildman–Crippen LogP) is 2.81. The van der Waals surface area contributed by atoms with Crippen LogP contribution in [0.3, 0.4) is 0 Å². The lowest BCUT2D eigenvalue weighted by Gasteiger charge is -2.34. The molecule has 18 heavy (non-hydrogen) atoms. The fourth-order valence-corrected chi connectivity index (χ4v) is 2.50. The molecule has 3 nitrogen and oxygen atoms in total. The largest absolute Gasteiger partial charge is 0.371 e. The van der Waals surface area contributed by atoms with Crippen molar-refractivity contribution in [3.05, 3.63) is 28.8 Å². The van der Waals surface area contributed by atoms with Gasteiger partial charge in [0.25, 0.3) is 0 Å². The normalized spacial score (nSPS) is 18.9. The number of anilines is 1. The lowest BCUT2D eigenvalue weighted by atomic mass is 9.98. The van der Waals surface area contributed by atoms with E-state index in [1.165, 1.54) is 12.8 Å². The van der Waals surface area contributed by atoms with Gasteiger partial charge in [0.1, 0.15) is 6.07 Å². The quantitative estimate of drug-likeness (QED) is 0.909. The lowest BCUT2D eigenvalue weighted by Crippen LogP contribution is -2.38. The van der Waals surface area contributed by atoms with Crippen molar-refractivity contribution in [1.29, 1.82) is 5.26 Å². The summed E-state index contributed by atoms with van der Waals surface area (Å²) in [6.07, 6.45) is 2.37. The molecule has 98 valence electrons. The summed E-state index contributed by atoms with van der Waals surface area (Å²) >= 11 is 6.05. The molecule has 0 amide bonds. The highest BCUT2D eigenvalue weighted by Gasteiger charge is 2.19. The van der Waals surface area contributed by atoms with Gasteiger partial charge in [0.05, 0.1) is 10.6 Å². The SMILES string of the molecule is Cl.N#Cc1ccc(N2CCCC(CN)C2)cc1Cl. The number of hydrogen-bond acceptors (Lipinski definition) is 3. The summed E-state index contributed by atoms with van der Waals surface area (Å²) in [7, 11) is 0. The van der Waals surface area contributed by atoms with Crippen LogP contribution < -0.4 is 10.6 Å². The van der Waals surface area contributed by atoms with Crippen LogP contribution in [0, 0.1) is 17.2 Å². The minimum Gasteiger partial charge on any atom is -0.371 e. The van der Waals surface area contributed by atoms with Crippen molar-refractivity contribution in [2.45, 2.75) is 12.8 Å². The highest BCUT2D eigenvalue weighted by molar-refractivity contribution is 6.32. The number of piperidine rings is 1. The maximum atomic E-state index is 8.84. The van der Waals surface area contributed by atoms with Crippen molar-refractivity contribution in [2.24, 2.45) is 11.7 Å². The van der Waals surface area contributed by atoms with E-state index >= 15 is 0 Å². The summed E-state index contributed by atoms with van der Waals surface area (Å²) < 4.78 is 0. The van der Waals surface area contributed by atoms with Gasteiger partial charge in [-0.25, -0.2) is 0 Å². The van der Waals surface area contributed by atoms with Gasteiger partial charge in [-0.1, -0.05) is 11.6 Å². The molecule has 2 N–H and O–H groups in total. The Hall–Kier alpha value is -0.950. The molecular weight excluding hydrogens is 269 g/mol. The van der Waals surface area contributed by atoms with Crippen LogP contribution in [0.1, 0.15) is 18.4 Å². The van der Waals surface area contributed by atoms with E-state index in [2.05, 4.69) is 11.0 Å². The Balaban J connectivity index is 0.00000162.